The zero-order chi connectivity index (χ0) is 29.4. The second-order valence-corrected chi connectivity index (χ2v) is 9.07. The van der Waals surface area contributed by atoms with Gasteiger partial charge in [-0.15, -0.1) is 12.4 Å². The molecular formula is C27H31ClF4N4O5. The predicted molar refractivity (Wildman–Crippen MR) is 144 cm³/mol. The smallest absolute Gasteiger partial charge is 0.387 e. The quantitative estimate of drug-likeness (QED) is 0.203. The third-order valence-electron chi connectivity index (χ3n) is 5.68. The minimum absolute atomic E-state index is 0. The fourth-order valence-corrected chi connectivity index (χ4v) is 3.58. The van der Waals surface area contributed by atoms with E-state index in [9.17, 15) is 27.2 Å². The molecule has 0 aliphatic carbocycles. The van der Waals surface area contributed by atoms with Crippen molar-refractivity contribution in [1.82, 2.24) is 15.2 Å². The summed E-state index contributed by atoms with van der Waals surface area (Å²) in [6, 6.07) is 6.23. The summed E-state index contributed by atoms with van der Waals surface area (Å²) in [5.74, 6) is -2.58. The Labute approximate surface area is 240 Å². The fraction of sp³-hybridized carbons (Fsp3) is 0.370. The lowest BCUT2D eigenvalue weighted by atomic mass is 10.2. The molecule has 0 unspecified atom stereocenters. The van der Waals surface area contributed by atoms with Gasteiger partial charge in [-0.25, -0.2) is 13.8 Å². The molecule has 14 heteroatoms. The lowest BCUT2D eigenvalue weighted by Gasteiger charge is -2.13. The van der Waals surface area contributed by atoms with Gasteiger partial charge in [-0.2, -0.15) is 8.78 Å². The van der Waals surface area contributed by atoms with E-state index in [1.165, 1.54) is 29.2 Å². The van der Waals surface area contributed by atoms with E-state index in [2.05, 4.69) is 15.0 Å². The molecule has 2 amide bonds. The molecule has 3 N–H and O–H groups in total. The summed E-state index contributed by atoms with van der Waals surface area (Å²) < 4.78 is 69.0. The highest BCUT2D eigenvalue weighted by molar-refractivity contribution is 5.94. The first-order valence-corrected chi connectivity index (χ1v) is 12.4. The zero-order valence-corrected chi connectivity index (χ0v) is 23.4. The molecule has 0 fully saturated rings. The van der Waals surface area contributed by atoms with Crippen molar-refractivity contribution < 1.29 is 41.0 Å². The summed E-state index contributed by atoms with van der Waals surface area (Å²) in [6.45, 7) is -1.66. The average molecular weight is 603 g/mol. The molecule has 9 nitrogen and oxygen atoms in total. The van der Waals surface area contributed by atoms with Crippen LogP contribution in [0.1, 0.15) is 54.0 Å². The van der Waals surface area contributed by atoms with E-state index >= 15 is 0 Å². The summed E-state index contributed by atoms with van der Waals surface area (Å²) in [6.07, 6.45) is 1.32. The van der Waals surface area contributed by atoms with E-state index in [4.69, 9.17) is 14.9 Å². The Kier molecular flexibility index (Phi) is 12.4. The maximum Gasteiger partial charge on any atom is 0.387 e. The Morgan fingerprint density at radius 2 is 1.83 bits per heavy atom. The minimum Gasteiger partial charge on any atom is -0.490 e. The first kappa shape index (κ1) is 33.4. The minimum atomic E-state index is -3.10. The van der Waals surface area contributed by atoms with Crippen LogP contribution in [0.4, 0.5) is 17.6 Å². The molecule has 0 aliphatic rings. The van der Waals surface area contributed by atoms with Crippen molar-refractivity contribution in [3.63, 3.8) is 0 Å². The number of nitrogens with zero attached hydrogens (tertiary/aromatic N) is 2. The van der Waals surface area contributed by atoms with Crippen molar-refractivity contribution in [1.29, 1.82) is 0 Å². The number of benzene rings is 2. The van der Waals surface area contributed by atoms with Gasteiger partial charge in [0.15, 0.2) is 23.0 Å². The highest BCUT2D eigenvalue weighted by Gasteiger charge is 2.24. The van der Waals surface area contributed by atoms with Crippen LogP contribution in [0.25, 0.3) is 11.5 Å². The summed E-state index contributed by atoms with van der Waals surface area (Å²) >= 11 is 0. The van der Waals surface area contributed by atoms with Crippen molar-refractivity contribution in [2.24, 2.45) is 5.73 Å². The number of hydrogen-bond acceptors (Lipinski definition) is 7. The molecular weight excluding hydrogens is 572 g/mol. The molecule has 0 aliphatic heterocycles. The monoisotopic (exact) mass is 602 g/mol. The van der Waals surface area contributed by atoms with Crippen LogP contribution >= 0.6 is 12.4 Å². The van der Waals surface area contributed by atoms with Crippen molar-refractivity contribution in [2.75, 3.05) is 20.7 Å². The second kappa shape index (κ2) is 15.2. The number of halogens is 5. The molecule has 224 valence electrons. The van der Waals surface area contributed by atoms with Crippen molar-refractivity contribution in [2.45, 2.75) is 45.4 Å². The van der Waals surface area contributed by atoms with E-state index in [1.54, 1.807) is 21.0 Å². The average Bonchev–Trinajstić information content (AvgIpc) is 3.34. The Morgan fingerprint density at radius 3 is 2.46 bits per heavy atom. The topological polar surface area (TPSA) is 120 Å². The number of hydrogen-bond donors (Lipinski definition) is 2. The van der Waals surface area contributed by atoms with Crippen LogP contribution in [0, 0.1) is 11.6 Å². The number of unbranched alkanes of at least 4 members (excludes halogenated alkanes) is 1. The van der Waals surface area contributed by atoms with Gasteiger partial charge in [-0.3, -0.25) is 9.59 Å². The van der Waals surface area contributed by atoms with Gasteiger partial charge in [0.2, 0.25) is 11.8 Å². The van der Waals surface area contributed by atoms with Crippen LogP contribution in [0.5, 0.6) is 11.5 Å². The lowest BCUT2D eigenvalue weighted by Crippen LogP contribution is -2.25. The van der Waals surface area contributed by atoms with Gasteiger partial charge in [0.05, 0.1) is 12.6 Å². The molecule has 1 atom stereocenters. The first-order chi connectivity index (χ1) is 19.0. The number of nitrogens with one attached hydrogen (secondary N) is 1. The number of amides is 2. The van der Waals surface area contributed by atoms with Crippen LogP contribution < -0.4 is 20.5 Å². The largest absolute Gasteiger partial charge is 0.490 e. The summed E-state index contributed by atoms with van der Waals surface area (Å²) in [7, 11) is 3.30. The molecule has 1 aromatic heterocycles. The van der Waals surface area contributed by atoms with E-state index in [0.717, 1.165) is 6.07 Å². The van der Waals surface area contributed by atoms with Crippen molar-refractivity contribution >= 4 is 24.2 Å². The lowest BCUT2D eigenvalue weighted by molar-refractivity contribution is -0.128. The summed E-state index contributed by atoms with van der Waals surface area (Å²) in [4.78, 5) is 30.3. The molecule has 0 radical (unpaired) electrons. The number of carbonyl (C=O) groups excluding carboxylic acids is 2. The maximum absolute atomic E-state index is 14.0. The summed E-state index contributed by atoms with van der Waals surface area (Å²) in [5.41, 5.74) is 6.15. The third kappa shape index (κ3) is 9.35. The summed E-state index contributed by atoms with van der Waals surface area (Å²) in [5, 5.41) is 2.50. The number of aromatic nitrogens is 1. The van der Waals surface area contributed by atoms with Gasteiger partial charge in [-0.1, -0.05) is 6.07 Å². The van der Waals surface area contributed by atoms with Gasteiger partial charge in [0, 0.05) is 44.3 Å². The maximum atomic E-state index is 14.0. The Balaban J connectivity index is 0.00000588. The Morgan fingerprint density at radius 1 is 1.10 bits per heavy atom. The molecule has 0 spiro atoms. The highest BCUT2D eigenvalue weighted by atomic mass is 35.5. The van der Waals surface area contributed by atoms with Crippen LogP contribution in [-0.4, -0.2) is 49.0 Å². The van der Waals surface area contributed by atoms with E-state index in [-0.39, 0.29) is 71.4 Å². The molecule has 0 saturated heterocycles. The highest BCUT2D eigenvalue weighted by Crippen LogP contribution is 2.35. The molecule has 2 aromatic carbocycles. The standard InChI is InChI=1S/C27H30F4N4O5.ClH/c1-15(32)24-23(25(37)33-14-17-7-9-18(28)13-19(17)29)34-26(40-24)16-8-10-20(39-27(30)31)21(12-16)38-11-5-4-6-22(36)35(2)3;/h7-10,12-13,15,27H,4-6,11,14,32H2,1-3H3,(H,33,37);1H/t15-;/m0./s1. The zero-order valence-electron chi connectivity index (χ0n) is 22.6. The van der Waals surface area contributed by atoms with Crippen molar-refractivity contribution in [3.8, 4) is 23.0 Å². The van der Waals surface area contributed by atoms with E-state index in [0.29, 0.717) is 25.3 Å². The number of alkyl halides is 2. The van der Waals surface area contributed by atoms with E-state index in [1.807, 2.05) is 0 Å². The molecule has 0 bridgehead atoms. The fourth-order valence-electron chi connectivity index (χ4n) is 3.58. The predicted octanol–water partition coefficient (Wildman–Crippen LogP) is 5.23. The van der Waals surface area contributed by atoms with Gasteiger partial charge >= 0.3 is 6.61 Å². The molecule has 0 saturated carbocycles. The number of oxazole rings is 1. The molecule has 1 heterocycles. The molecule has 41 heavy (non-hydrogen) atoms. The van der Waals surface area contributed by atoms with Gasteiger partial charge in [0.1, 0.15) is 11.6 Å². The Hall–Kier alpha value is -3.84. The van der Waals surface area contributed by atoms with E-state index < -0.39 is 30.2 Å². The third-order valence-corrected chi connectivity index (χ3v) is 5.68. The SMILES string of the molecule is C[C@H](N)c1oc(-c2ccc(OC(F)F)c(OCCCCC(=O)N(C)C)c2)nc1C(=O)NCc1ccc(F)cc1F.Cl. The first-order valence-electron chi connectivity index (χ1n) is 12.4. The van der Waals surface area contributed by atoms with Crippen molar-refractivity contribution in [3.05, 3.63) is 65.1 Å². The van der Waals surface area contributed by atoms with Gasteiger partial charge in [-0.05, 0) is 44.0 Å². The van der Waals surface area contributed by atoms with Crippen LogP contribution in [0.15, 0.2) is 40.8 Å². The normalized spacial score (nSPS) is 11.5. The van der Waals surface area contributed by atoms with Crippen LogP contribution in [0.2, 0.25) is 0 Å². The number of ether oxygens (including phenoxy) is 2. The van der Waals surface area contributed by atoms with Gasteiger partial charge < -0.3 is 29.8 Å². The second-order valence-electron chi connectivity index (χ2n) is 9.07. The van der Waals surface area contributed by atoms with Crippen LogP contribution in [0.3, 0.4) is 0 Å². The molecule has 3 rings (SSSR count). The number of carbonyl (C=O) groups is 2. The number of nitrogens with two attached hydrogens (primary N) is 1. The molecule has 3 aromatic rings. The Bertz CT molecular complexity index is 1340. The number of rotatable bonds is 13. The van der Waals surface area contributed by atoms with Gasteiger partial charge in [0.25, 0.3) is 5.91 Å². The van der Waals surface area contributed by atoms with Crippen LogP contribution in [-0.2, 0) is 11.3 Å².